The maximum Gasteiger partial charge on any atom is 0.273 e. The Kier molecular flexibility index (Phi) is 3.39. The molecule has 0 saturated carbocycles. The standard InChI is InChI=1S/C12H18N6O/c1-8-9(7-13)11(17(4)14-8)18-6-5-10(15-18)12(19)16(2)3/h5-6H,7,13H2,1-4H3. The molecule has 0 unspecified atom stereocenters. The molecule has 2 N–H and O–H groups in total. The summed E-state index contributed by atoms with van der Waals surface area (Å²) < 4.78 is 3.35. The number of nitrogens with zero attached hydrogens (tertiary/aromatic N) is 5. The summed E-state index contributed by atoms with van der Waals surface area (Å²) in [5, 5.41) is 8.62. The summed E-state index contributed by atoms with van der Waals surface area (Å²) in [6.07, 6.45) is 1.74. The maximum atomic E-state index is 11.8. The van der Waals surface area contributed by atoms with Gasteiger partial charge in [-0.05, 0) is 13.0 Å². The van der Waals surface area contributed by atoms with Crippen molar-refractivity contribution in [1.82, 2.24) is 24.5 Å². The van der Waals surface area contributed by atoms with Crippen molar-refractivity contribution in [2.24, 2.45) is 12.8 Å². The molecule has 0 fully saturated rings. The van der Waals surface area contributed by atoms with E-state index in [-0.39, 0.29) is 5.91 Å². The van der Waals surface area contributed by atoms with Crippen LogP contribution in [-0.2, 0) is 13.6 Å². The summed E-state index contributed by atoms with van der Waals surface area (Å²) in [5.74, 6) is 0.657. The van der Waals surface area contributed by atoms with E-state index in [1.807, 2.05) is 14.0 Å². The Bertz CT molecular complexity index is 610. The Morgan fingerprint density at radius 3 is 2.68 bits per heavy atom. The van der Waals surface area contributed by atoms with Crippen LogP contribution in [0.5, 0.6) is 0 Å². The highest BCUT2D eigenvalue weighted by atomic mass is 16.2. The van der Waals surface area contributed by atoms with Crippen LogP contribution in [0.1, 0.15) is 21.7 Å². The largest absolute Gasteiger partial charge is 0.343 e. The van der Waals surface area contributed by atoms with Crippen LogP contribution in [0.2, 0.25) is 0 Å². The van der Waals surface area contributed by atoms with Crippen molar-refractivity contribution in [3.05, 3.63) is 29.2 Å². The first-order valence-electron chi connectivity index (χ1n) is 5.96. The molecule has 1 amide bonds. The fourth-order valence-corrected chi connectivity index (χ4v) is 2.00. The van der Waals surface area contributed by atoms with Crippen LogP contribution in [0.3, 0.4) is 0 Å². The zero-order valence-electron chi connectivity index (χ0n) is 11.6. The molecule has 7 heteroatoms. The molecule has 2 heterocycles. The van der Waals surface area contributed by atoms with Gasteiger partial charge in [0, 0.05) is 39.4 Å². The molecular weight excluding hydrogens is 244 g/mol. The molecule has 0 saturated heterocycles. The summed E-state index contributed by atoms with van der Waals surface area (Å²) in [6, 6.07) is 1.69. The van der Waals surface area contributed by atoms with E-state index in [1.165, 1.54) is 4.90 Å². The molecule has 0 aliphatic carbocycles. The van der Waals surface area contributed by atoms with Crippen LogP contribution in [0.15, 0.2) is 12.3 Å². The van der Waals surface area contributed by atoms with Crippen molar-refractivity contribution in [3.8, 4) is 5.82 Å². The number of nitrogens with two attached hydrogens (primary N) is 1. The van der Waals surface area contributed by atoms with Gasteiger partial charge in [-0.15, -0.1) is 0 Å². The lowest BCUT2D eigenvalue weighted by molar-refractivity contribution is 0.0821. The molecule has 102 valence electrons. The summed E-state index contributed by atoms with van der Waals surface area (Å²) >= 11 is 0. The van der Waals surface area contributed by atoms with E-state index in [4.69, 9.17) is 5.73 Å². The third kappa shape index (κ3) is 2.24. The van der Waals surface area contributed by atoms with Crippen molar-refractivity contribution in [3.63, 3.8) is 0 Å². The minimum atomic E-state index is -0.132. The number of carbonyl (C=O) groups excluding carboxylic acids is 1. The SMILES string of the molecule is Cc1nn(C)c(-n2ccc(C(=O)N(C)C)n2)c1CN. The second-order valence-electron chi connectivity index (χ2n) is 4.56. The number of aromatic nitrogens is 4. The minimum Gasteiger partial charge on any atom is -0.343 e. The smallest absolute Gasteiger partial charge is 0.273 e. The monoisotopic (exact) mass is 262 g/mol. The van der Waals surface area contributed by atoms with Crippen LogP contribution in [-0.4, -0.2) is 44.5 Å². The number of carbonyl (C=O) groups is 1. The fourth-order valence-electron chi connectivity index (χ4n) is 2.00. The molecule has 0 aliphatic heterocycles. The van der Waals surface area contributed by atoms with Crippen LogP contribution >= 0.6 is 0 Å². The highest BCUT2D eigenvalue weighted by Crippen LogP contribution is 2.17. The molecule has 0 bridgehead atoms. The highest BCUT2D eigenvalue weighted by Gasteiger charge is 2.17. The van der Waals surface area contributed by atoms with Gasteiger partial charge in [0.15, 0.2) is 11.5 Å². The number of hydrogen-bond acceptors (Lipinski definition) is 4. The van der Waals surface area contributed by atoms with E-state index in [2.05, 4.69) is 10.2 Å². The average Bonchev–Trinajstić information content (AvgIpc) is 2.92. The van der Waals surface area contributed by atoms with E-state index < -0.39 is 0 Å². The third-order valence-electron chi connectivity index (χ3n) is 2.95. The van der Waals surface area contributed by atoms with Crippen molar-refractivity contribution in [2.45, 2.75) is 13.5 Å². The normalized spacial score (nSPS) is 10.8. The summed E-state index contributed by atoms with van der Waals surface area (Å²) in [4.78, 5) is 13.3. The van der Waals surface area contributed by atoms with Gasteiger partial charge in [-0.2, -0.15) is 10.2 Å². The van der Waals surface area contributed by atoms with Crippen molar-refractivity contribution < 1.29 is 4.79 Å². The first-order chi connectivity index (χ1) is 8.95. The molecule has 2 rings (SSSR count). The van der Waals surface area contributed by atoms with Crippen LogP contribution in [0.4, 0.5) is 0 Å². The first kappa shape index (κ1) is 13.3. The maximum absolute atomic E-state index is 11.8. The van der Waals surface area contributed by atoms with Gasteiger partial charge in [-0.25, -0.2) is 4.68 Å². The Hall–Kier alpha value is -2.15. The van der Waals surface area contributed by atoms with Crippen molar-refractivity contribution in [2.75, 3.05) is 14.1 Å². The Balaban J connectivity index is 2.46. The number of rotatable bonds is 3. The fraction of sp³-hybridized carbons (Fsp3) is 0.417. The van der Waals surface area contributed by atoms with Gasteiger partial charge in [0.05, 0.1) is 5.69 Å². The number of amides is 1. The second-order valence-corrected chi connectivity index (χ2v) is 4.56. The third-order valence-corrected chi connectivity index (χ3v) is 2.95. The average molecular weight is 262 g/mol. The van der Waals surface area contributed by atoms with Gasteiger partial charge in [0.2, 0.25) is 0 Å². The summed E-state index contributed by atoms with van der Waals surface area (Å²) in [5.41, 5.74) is 7.94. The lowest BCUT2D eigenvalue weighted by Gasteiger charge is -2.07. The molecular formula is C12H18N6O. The molecule has 7 nitrogen and oxygen atoms in total. The van der Waals surface area contributed by atoms with Gasteiger partial charge in [-0.3, -0.25) is 9.48 Å². The van der Waals surface area contributed by atoms with Gasteiger partial charge in [0.25, 0.3) is 5.91 Å². The predicted molar refractivity (Wildman–Crippen MR) is 71.0 cm³/mol. The summed E-state index contributed by atoms with van der Waals surface area (Å²) in [6.45, 7) is 2.28. The van der Waals surface area contributed by atoms with E-state index in [0.717, 1.165) is 17.1 Å². The van der Waals surface area contributed by atoms with Crippen LogP contribution in [0.25, 0.3) is 5.82 Å². The number of hydrogen-bond donors (Lipinski definition) is 1. The van der Waals surface area contributed by atoms with Gasteiger partial charge < -0.3 is 10.6 Å². The molecule has 0 radical (unpaired) electrons. The lowest BCUT2D eigenvalue weighted by atomic mass is 10.2. The number of aryl methyl sites for hydroxylation is 2. The zero-order valence-corrected chi connectivity index (χ0v) is 11.6. The van der Waals surface area contributed by atoms with E-state index in [1.54, 1.807) is 35.7 Å². The van der Waals surface area contributed by atoms with Crippen molar-refractivity contribution in [1.29, 1.82) is 0 Å². The minimum absolute atomic E-state index is 0.132. The Morgan fingerprint density at radius 2 is 2.11 bits per heavy atom. The van der Waals surface area contributed by atoms with E-state index in [0.29, 0.717) is 12.2 Å². The van der Waals surface area contributed by atoms with E-state index >= 15 is 0 Å². The molecule has 2 aromatic heterocycles. The predicted octanol–water partition coefficient (Wildman–Crippen LogP) is 0.0747. The molecule has 0 atom stereocenters. The zero-order chi connectivity index (χ0) is 14.2. The summed E-state index contributed by atoms with van der Waals surface area (Å²) in [7, 11) is 5.22. The Labute approximate surface area is 111 Å². The van der Waals surface area contributed by atoms with Gasteiger partial charge >= 0.3 is 0 Å². The van der Waals surface area contributed by atoms with Crippen LogP contribution in [0, 0.1) is 6.92 Å². The van der Waals surface area contributed by atoms with Gasteiger partial charge in [0.1, 0.15) is 0 Å². The molecule has 19 heavy (non-hydrogen) atoms. The van der Waals surface area contributed by atoms with Gasteiger partial charge in [-0.1, -0.05) is 0 Å². The molecule has 0 aromatic carbocycles. The molecule has 0 spiro atoms. The molecule has 2 aromatic rings. The van der Waals surface area contributed by atoms with Crippen LogP contribution < -0.4 is 5.73 Å². The lowest BCUT2D eigenvalue weighted by Crippen LogP contribution is -2.22. The molecule has 0 aliphatic rings. The quantitative estimate of drug-likeness (QED) is 0.849. The second kappa shape index (κ2) is 4.85. The van der Waals surface area contributed by atoms with E-state index in [9.17, 15) is 4.79 Å². The first-order valence-corrected chi connectivity index (χ1v) is 5.96. The topological polar surface area (TPSA) is 82.0 Å². The highest BCUT2D eigenvalue weighted by molar-refractivity contribution is 5.91. The Morgan fingerprint density at radius 1 is 1.42 bits per heavy atom. The van der Waals surface area contributed by atoms with Crippen molar-refractivity contribution >= 4 is 5.91 Å².